The Morgan fingerprint density at radius 3 is 0.265 bits per heavy atom. The predicted molar refractivity (Wildman–Crippen MR) is 582 cm³/mol. The summed E-state index contributed by atoms with van der Waals surface area (Å²) in [5, 5.41) is 7.51. The third-order valence-corrected chi connectivity index (χ3v) is 24.2. The van der Waals surface area contributed by atoms with Crippen molar-refractivity contribution in [2.45, 2.75) is 234 Å². The number of hydrogen-bond acceptors (Lipinski definition) is 33. The first kappa shape index (κ1) is 141. The summed E-state index contributed by atoms with van der Waals surface area (Å²) in [4.78, 5) is 37.8. The maximum absolute atomic E-state index is 7.51. The van der Waals surface area contributed by atoms with Gasteiger partial charge >= 0.3 is 0 Å². The predicted octanol–water partition coefficient (Wildman–Crippen LogP) is 2.93. The summed E-state index contributed by atoms with van der Waals surface area (Å²) in [6, 6.07) is 1.69. The number of allylic oxidation sites excluding steroid dienone is 1. The summed E-state index contributed by atoms with van der Waals surface area (Å²) in [6.07, 6.45) is 35.7. The Morgan fingerprint density at radius 1 is 0.144 bits per heavy atom. The second-order valence-corrected chi connectivity index (χ2v) is 35.6. The monoisotopic (exact) mass is 1890 g/mol. The maximum atomic E-state index is 7.51. The SMILES string of the molecule is C.C.C=CC#N.CC.NCCCCN.NCCCN(CCCN)CCCN(CCCN(CCCN)CCCN)CCCN(CCCCN(CCCN(CCCN(CCCN)CCCN)CCCN(CCCN)CCCN)CCCN(CCCN(CCCN)CCCN)CCCN(CCCN)CCCN)CCCN(CCCN(CCCN)CCCN)CCCN(CCCN)CCCN. The van der Waals surface area contributed by atoms with Crippen LogP contribution in [0.3, 0.4) is 0 Å². The van der Waals surface area contributed by atoms with Crippen LogP contribution in [0.15, 0.2) is 12.7 Å². The molecule has 0 saturated carbocycles. The van der Waals surface area contributed by atoms with Crippen LogP contribution in [0.4, 0.5) is 0 Å². The van der Waals surface area contributed by atoms with Gasteiger partial charge in [-0.15, -0.1) is 0 Å². The van der Waals surface area contributed by atoms with E-state index in [4.69, 9.17) is 108 Å². The van der Waals surface area contributed by atoms with Crippen molar-refractivity contribution in [2.75, 3.05) is 393 Å². The maximum Gasteiger partial charge on any atom is 0.0905 e. The van der Waals surface area contributed by atoms with Crippen molar-refractivity contribution in [1.82, 2.24) is 68.6 Å². The van der Waals surface area contributed by atoms with Crippen LogP contribution in [0.25, 0.3) is 0 Å². The molecule has 0 fully saturated rings. The second kappa shape index (κ2) is 118. The van der Waals surface area contributed by atoms with Crippen molar-refractivity contribution < 1.29 is 0 Å². The Hall–Kier alpha value is -2.05. The Labute approximate surface area is 818 Å². The quantitative estimate of drug-likeness (QED) is 0.0307. The molecule has 0 aromatic heterocycles. The minimum Gasteiger partial charge on any atom is -0.330 e. The molecule has 0 aliphatic rings. The van der Waals surface area contributed by atoms with E-state index >= 15 is 0 Å². The van der Waals surface area contributed by atoms with Gasteiger partial charge in [0, 0.05) is 6.08 Å². The van der Waals surface area contributed by atoms with Gasteiger partial charge in [0.15, 0.2) is 0 Å². The van der Waals surface area contributed by atoms with E-state index in [1.165, 1.54) is 18.9 Å². The van der Waals surface area contributed by atoms with Gasteiger partial charge < -0.3 is 172 Å². The van der Waals surface area contributed by atoms with Gasteiger partial charge in [-0.05, 0) is 598 Å². The molecule has 0 aromatic rings. The van der Waals surface area contributed by atoms with Crippen LogP contribution in [-0.4, -0.2) is 461 Å². The number of unbranched alkanes of at least 4 members (excludes halogenated alkanes) is 2. The van der Waals surface area contributed by atoms with Gasteiger partial charge in [0.25, 0.3) is 0 Å². The number of rotatable bonds is 104. The molecular weight excluding hydrogens is 1650 g/mol. The smallest absolute Gasteiger partial charge is 0.0905 e. The van der Waals surface area contributed by atoms with Gasteiger partial charge in [-0.2, -0.15) is 5.26 Å². The number of nitrogens with zero attached hydrogens (tertiary/aromatic N) is 15. The first-order valence-corrected chi connectivity index (χ1v) is 53.6. The minimum atomic E-state index is 0. The molecule has 36 N–H and O–H groups in total. The molecule has 0 atom stereocenters. The number of nitriles is 1. The molecule has 0 radical (unpaired) electrons. The topological polar surface area (TPSA) is 538 Å². The van der Waals surface area contributed by atoms with E-state index in [9.17, 15) is 0 Å². The van der Waals surface area contributed by atoms with Gasteiger partial charge in [0.05, 0.1) is 6.07 Å². The van der Waals surface area contributed by atoms with Crippen LogP contribution in [0, 0.1) is 11.3 Å². The van der Waals surface area contributed by atoms with Gasteiger partial charge in [-0.1, -0.05) is 35.3 Å². The highest BCUT2D eigenvalue weighted by atomic mass is 15.2. The van der Waals surface area contributed by atoms with Crippen molar-refractivity contribution in [2.24, 2.45) is 103 Å². The molecule has 0 aliphatic carbocycles. The van der Waals surface area contributed by atoms with E-state index < -0.39 is 0 Å². The van der Waals surface area contributed by atoms with Crippen LogP contribution in [-0.2, 0) is 0 Å². The first-order chi connectivity index (χ1) is 63.8. The highest BCUT2D eigenvalue weighted by Crippen LogP contribution is 2.13. The fourth-order valence-electron chi connectivity index (χ4n) is 16.9. The Morgan fingerprint density at radius 2 is 0.205 bits per heavy atom. The molecule has 132 heavy (non-hydrogen) atoms. The van der Waals surface area contributed by atoms with Gasteiger partial charge in [-0.3, -0.25) is 0 Å². The van der Waals surface area contributed by atoms with Crippen molar-refractivity contribution >= 4 is 0 Å². The standard InChI is InChI=1S/C88H208N30.C4H12N2.C3H3N.C2H6.2CH4/c89-31-3-49-107(50-4-32-90)69-23-81-115(82-24-70-108(51-5-33-91)52-6-34-92)77-19-65-105(66-20-78-116(83-25-71-109(53-7-35-93)54-8-36-94)84-26-72-110(55-9-37-95)56-10-38-96)47-1-2-48-106(67-21-79-117(85-27-73-111(57-11-39-97)58-12-40-98)86-28-74-112(59-13-41-99)60-14-42-100)68-22-80-118(87-29-75-113(61-15-43-101)62-16-44-102)88-30-76-114(63-17-45-103)64-18-46-104;5-3-1-2-4-6;1-2-3-4;1-2;;/h1-104H2;1-6H2;2H,1H2;1-2H3;2*1H4. The molecule has 798 valence electrons. The molecule has 0 saturated heterocycles. The molecule has 33 heteroatoms. The van der Waals surface area contributed by atoms with Crippen molar-refractivity contribution in [3.63, 3.8) is 0 Å². The molecule has 0 aliphatic heterocycles. The summed E-state index contributed by atoms with van der Waals surface area (Å²) in [5.74, 6) is 0. The zero-order chi connectivity index (χ0) is 96.6. The fraction of sp³-hybridized carbons (Fsp3) is 0.970. The molecule has 33 nitrogen and oxygen atoms in total. The summed E-state index contributed by atoms with van der Waals surface area (Å²) in [6.45, 7) is 65.2. The zero-order valence-electron chi connectivity index (χ0n) is 85.9. The number of hydrogen-bond donors (Lipinski definition) is 18. The molecule has 0 bridgehead atoms. The van der Waals surface area contributed by atoms with Crippen molar-refractivity contribution in [3.05, 3.63) is 12.7 Å². The number of nitrogens with two attached hydrogens (primary N) is 18. The van der Waals surface area contributed by atoms with E-state index in [-0.39, 0.29) is 14.9 Å². The summed E-state index contributed by atoms with van der Waals surface area (Å²) in [5.41, 5.74) is 108. The average molecular weight is 1890 g/mol. The molecular formula is C99H237N33. The third kappa shape index (κ3) is 98.1. The summed E-state index contributed by atoms with van der Waals surface area (Å²) >= 11 is 0. The van der Waals surface area contributed by atoms with Gasteiger partial charge in [0.1, 0.15) is 0 Å². The lowest BCUT2D eigenvalue weighted by Gasteiger charge is -2.30. The molecule has 0 amide bonds. The van der Waals surface area contributed by atoms with Gasteiger partial charge in [-0.25, -0.2) is 0 Å². The van der Waals surface area contributed by atoms with Crippen LogP contribution in [0.5, 0.6) is 0 Å². The zero-order valence-corrected chi connectivity index (χ0v) is 85.9. The Bertz CT molecular complexity index is 1720. The lowest BCUT2D eigenvalue weighted by atomic mass is 10.2. The van der Waals surface area contributed by atoms with E-state index in [2.05, 4.69) is 75.2 Å². The molecule has 0 rings (SSSR count). The first-order valence-electron chi connectivity index (χ1n) is 53.6. The van der Waals surface area contributed by atoms with E-state index in [1.807, 2.05) is 13.8 Å². The molecule has 0 heterocycles. The summed E-state index contributed by atoms with van der Waals surface area (Å²) < 4.78 is 0. The summed E-state index contributed by atoms with van der Waals surface area (Å²) in [7, 11) is 0. The van der Waals surface area contributed by atoms with E-state index in [0.29, 0.717) is 0 Å². The normalized spacial score (nSPS) is 11.8. The lowest BCUT2D eigenvalue weighted by Crippen LogP contribution is -2.38. The van der Waals surface area contributed by atoms with Gasteiger partial charge in [0.2, 0.25) is 0 Å². The molecule has 0 aromatic carbocycles. The second-order valence-electron chi connectivity index (χ2n) is 35.6. The van der Waals surface area contributed by atoms with Crippen LogP contribution in [0.1, 0.15) is 234 Å². The third-order valence-electron chi connectivity index (χ3n) is 24.2. The van der Waals surface area contributed by atoms with E-state index in [1.54, 1.807) is 6.07 Å². The largest absolute Gasteiger partial charge is 0.330 e. The molecule has 0 unspecified atom stereocenters. The van der Waals surface area contributed by atoms with Crippen molar-refractivity contribution in [3.8, 4) is 6.07 Å². The van der Waals surface area contributed by atoms with Crippen LogP contribution in [0.2, 0.25) is 0 Å². The molecule has 0 spiro atoms. The highest BCUT2D eigenvalue weighted by Gasteiger charge is 2.20. The Balaban J connectivity index is -0.00000265. The van der Waals surface area contributed by atoms with Crippen LogP contribution >= 0.6 is 0 Å². The van der Waals surface area contributed by atoms with E-state index in [0.717, 1.165) is 585 Å². The van der Waals surface area contributed by atoms with Crippen molar-refractivity contribution in [1.29, 1.82) is 5.26 Å². The minimum absolute atomic E-state index is 0. The fourth-order valence-corrected chi connectivity index (χ4v) is 16.9. The Kier molecular flexibility index (Phi) is 125. The highest BCUT2D eigenvalue weighted by molar-refractivity contribution is 4.93. The van der Waals surface area contributed by atoms with Crippen LogP contribution < -0.4 is 103 Å². The lowest BCUT2D eigenvalue weighted by molar-refractivity contribution is 0.174. The average Bonchev–Trinajstić information content (AvgIpc) is 0.946.